The van der Waals surface area contributed by atoms with Gasteiger partial charge in [-0.2, -0.15) is 0 Å². The second kappa shape index (κ2) is 9.01. The predicted octanol–water partition coefficient (Wildman–Crippen LogP) is 3.40. The van der Waals surface area contributed by atoms with Crippen LogP contribution in [0.1, 0.15) is 31.4 Å². The van der Waals surface area contributed by atoms with Crippen molar-refractivity contribution < 1.29 is 17.9 Å². The van der Waals surface area contributed by atoms with Crippen molar-refractivity contribution in [3.05, 3.63) is 53.6 Å². The summed E-state index contributed by atoms with van der Waals surface area (Å²) in [5, 5.41) is 2.79. The molecule has 2 aromatic carbocycles. The lowest BCUT2D eigenvalue weighted by Crippen LogP contribution is -2.31. The van der Waals surface area contributed by atoms with E-state index in [9.17, 15) is 13.2 Å². The number of sulfonamides is 1. The number of anilines is 1. The first-order valence-corrected chi connectivity index (χ1v) is 10.3. The Balaban J connectivity index is 1.93. The summed E-state index contributed by atoms with van der Waals surface area (Å²) in [7, 11) is -3.55. The third-order valence-corrected chi connectivity index (χ3v) is 5.58. The Labute approximate surface area is 161 Å². The number of aryl methyl sites for hydroxylation is 2. The Morgan fingerprint density at radius 2 is 1.67 bits per heavy atom. The van der Waals surface area contributed by atoms with Gasteiger partial charge in [0, 0.05) is 11.7 Å². The molecule has 0 spiro atoms. The molecule has 6 nitrogen and oxygen atoms in total. The topological polar surface area (TPSA) is 84.5 Å². The van der Waals surface area contributed by atoms with Gasteiger partial charge < -0.3 is 10.1 Å². The first-order chi connectivity index (χ1) is 12.7. The van der Waals surface area contributed by atoms with Crippen LogP contribution in [0.25, 0.3) is 0 Å². The van der Waals surface area contributed by atoms with Gasteiger partial charge in [0.25, 0.3) is 5.91 Å². The van der Waals surface area contributed by atoms with Gasteiger partial charge in [-0.05, 0) is 74.7 Å². The Morgan fingerprint density at radius 3 is 2.22 bits per heavy atom. The molecule has 0 heterocycles. The largest absolute Gasteiger partial charge is 0.484 e. The van der Waals surface area contributed by atoms with Gasteiger partial charge in [-0.25, -0.2) is 13.1 Å². The molecular formula is C20H26N2O4S. The van der Waals surface area contributed by atoms with Gasteiger partial charge in [0.05, 0.1) is 4.90 Å². The molecule has 7 heteroatoms. The molecule has 2 rings (SSSR count). The Bertz CT molecular complexity index is 872. The highest BCUT2D eigenvalue weighted by molar-refractivity contribution is 7.89. The number of benzene rings is 2. The van der Waals surface area contributed by atoms with Crippen molar-refractivity contribution in [2.75, 3.05) is 11.9 Å². The molecular weight excluding hydrogens is 364 g/mol. The molecule has 1 atom stereocenters. The standard InChI is InChI=1S/C20H26N2O4S/c1-5-16(4)22-27(24,25)19-8-6-18(7-9-19)26-13-20(23)21-17-11-14(2)10-15(3)12-17/h6-12,16,22H,5,13H2,1-4H3,(H,21,23). The van der Waals surface area contributed by atoms with Crippen LogP contribution >= 0.6 is 0 Å². The summed E-state index contributed by atoms with van der Waals surface area (Å²) in [6.45, 7) is 7.48. The van der Waals surface area contributed by atoms with E-state index >= 15 is 0 Å². The van der Waals surface area contributed by atoms with E-state index in [1.54, 1.807) is 0 Å². The fourth-order valence-corrected chi connectivity index (χ4v) is 3.85. The van der Waals surface area contributed by atoms with E-state index in [0.717, 1.165) is 16.8 Å². The van der Waals surface area contributed by atoms with Gasteiger partial charge >= 0.3 is 0 Å². The van der Waals surface area contributed by atoms with E-state index in [-0.39, 0.29) is 23.5 Å². The number of nitrogens with one attached hydrogen (secondary N) is 2. The van der Waals surface area contributed by atoms with E-state index < -0.39 is 10.0 Å². The highest BCUT2D eigenvalue weighted by atomic mass is 32.2. The second-order valence-electron chi connectivity index (χ2n) is 6.62. The molecule has 0 saturated heterocycles. The smallest absolute Gasteiger partial charge is 0.262 e. The molecule has 0 aromatic heterocycles. The zero-order valence-electron chi connectivity index (χ0n) is 16.1. The van der Waals surface area contributed by atoms with Gasteiger partial charge in [-0.15, -0.1) is 0 Å². The maximum Gasteiger partial charge on any atom is 0.262 e. The lowest BCUT2D eigenvalue weighted by Gasteiger charge is -2.13. The van der Waals surface area contributed by atoms with E-state index in [1.807, 2.05) is 45.9 Å². The monoisotopic (exact) mass is 390 g/mol. The van der Waals surface area contributed by atoms with Gasteiger partial charge in [-0.3, -0.25) is 4.79 Å². The minimum absolute atomic E-state index is 0.139. The number of hydrogen-bond donors (Lipinski definition) is 2. The molecule has 0 aliphatic heterocycles. The van der Waals surface area contributed by atoms with E-state index in [0.29, 0.717) is 12.2 Å². The van der Waals surface area contributed by atoms with Crippen LogP contribution in [0, 0.1) is 13.8 Å². The van der Waals surface area contributed by atoms with E-state index in [2.05, 4.69) is 10.0 Å². The third kappa shape index (κ3) is 6.37. The molecule has 2 aromatic rings. The Morgan fingerprint density at radius 1 is 1.07 bits per heavy atom. The lowest BCUT2D eigenvalue weighted by atomic mass is 10.1. The van der Waals surface area contributed by atoms with E-state index in [4.69, 9.17) is 4.74 Å². The molecule has 1 amide bonds. The van der Waals surface area contributed by atoms with Gasteiger partial charge in [-0.1, -0.05) is 13.0 Å². The average molecular weight is 391 g/mol. The summed E-state index contributed by atoms with van der Waals surface area (Å²) in [6, 6.07) is 11.6. The fourth-order valence-electron chi connectivity index (χ4n) is 2.52. The van der Waals surface area contributed by atoms with Crippen LogP contribution in [0.15, 0.2) is 47.4 Å². The molecule has 0 bridgehead atoms. The van der Waals surface area contributed by atoms with Crippen LogP contribution < -0.4 is 14.8 Å². The van der Waals surface area contributed by atoms with Gasteiger partial charge in [0.15, 0.2) is 6.61 Å². The number of ether oxygens (including phenoxy) is 1. The second-order valence-corrected chi connectivity index (χ2v) is 8.33. The lowest BCUT2D eigenvalue weighted by molar-refractivity contribution is -0.118. The highest BCUT2D eigenvalue weighted by Gasteiger charge is 2.16. The van der Waals surface area contributed by atoms with Crippen molar-refractivity contribution >= 4 is 21.6 Å². The summed E-state index contributed by atoms with van der Waals surface area (Å²) in [5.74, 6) is 0.142. The molecule has 0 radical (unpaired) electrons. The summed E-state index contributed by atoms with van der Waals surface area (Å²) >= 11 is 0. The van der Waals surface area contributed by atoms with Crippen molar-refractivity contribution in [2.24, 2.45) is 0 Å². The molecule has 146 valence electrons. The normalized spacial score (nSPS) is 12.4. The molecule has 1 unspecified atom stereocenters. The molecule has 0 aliphatic carbocycles. The van der Waals surface area contributed by atoms with Crippen LogP contribution in [0.2, 0.25) is 0 Å². The quantitative estimate of drug-likeness (QED) is 0.723. The van der Waals surface area contributed by atoms with Crippen LogP contribution in [-0.4, -0.2) is 27.0 Å². The van der Waals surface area contributed by atoms with Crippen molar-refractivity contribution in [3.63, 3.8) is 0 Å². The number of amides is 1. The molecule has 27 heavy (non-hydrogen) atoms. The number of carbonyl (C=O) groups excluding carboxylic acids is 1. The first-order valence-electron chi connectivity index (χ1n) is 8.83. The molecule has 0 aliphatic rings. The highest BCUT2D eigenvalue weighted by Crippen LogP contribution is 2.17. The predicted molar refractivity (Wildman–Crippen MR) is 107 cm³/mol. The average Bonchev–Trinajstić information content (AvgIpc) is 2.59. The van der Waals surface area contributed by atoms with E-state index in [1.165, 1.54) is 24.3 Å². The zero-order valence-corrected chi connectivity index (χ0v) is 16.9. The van der Waals surface area contributed by atoms with Gasteiger partial charge in [0.2, 0.25) is 10.0 Å². The maximum absolute atomic E-state index is 12.2. The zero-order chi connectivity index (χ0) is 20.0. The van der Waals surface area contributed by atoms with Gasteiger partial charge in [0.1, 0.15) is 5.75 Å². The Hall–Kier alpha value is -2.38. The summed E-state index contributed by atoms with van der Waals surface area (Å²) in [6.07, 6.45) is 0.704. The minimum atomic E-state index is -3.55. The first kappa shape index (κ1) is 20.9. The number of hydrogen-bond acceptors (Lipinski definition) is 4. The van der Waals surface area contributed by atoms with Crippen molar-refractivity contribution in [3.8, 4) is 5.75 Å². The molecule has 2 N–H and O–H groups in total. The van der Waals surface area contributed by atoms with Crippen LogP contribution in [0.5, 0.6) is 5.75 Å². The fraction of sp³-hybridized carbons (Fsp3) is 0.350. The van der Waals surface area contributed by atoms with Crippen molar-refractivity contribution in [2.45, 2.75) is 45.1 Å². The number of rotatable bonds is 8. The maximum atomic E-state index is 12.2. The van der Waals surface area contributed by atoms with Crippen molar-refractivity contribution in [1.82, 2.24) is 4.72 Å². The van der Waals surface area contributed by atoms with Crippen LogP contribution in [-0.2, 0) is 14.8 Å². The summed E-state index contributed by atoms with van der Waals surface area (Å²) in [4.78, 5) is 12.2. The molecule has 0 saturated carbocycles. The number of carbonyl (C=O) groups is 1. The minimum Gasteiger partial charge on any atom is -0.484 e. The van der Waals surface area contributed by atoms with Crippen LogP contribution in [0.4, 0.5) is 5.69 Å². The summed E-state index contributed by atoms with van der Waals surface area (Å²) < 4.78 is 32.5. The SMILES string of the molecule is CCC(C)NS(=O)(=O)c1ccc(OCC(=O)Nc2cc(C)cc(C)c2)cc1. The van der Waals surface area contributed by atoms with Crippen molar-refractivity contribution in [1.29, 1.82) is 0 Å². The third-order valence-electron chi connectivity index (χ3n) is 3.98. The Kier molecular flexibility index (Phi) is 6.98. The van der Waals surface area contributed by atoms with Crippen LogP contribution in [0.3, 0.4) is 0 Å². The molecule has 0 fully saturated rings. The summed E-state index contributed by atoms with van der Waals surface area (Å²) in [5.41, 5.74) is 2.85.